The number of thioether (sulfide) groups is 1. The van der Waals surface area contributed by atoms with Crippen LogP contribution in [-0.4, -0.2) is 16.2 Å². The number of phenols is 1. The summed E-state index contributed by atoms with van der Waals surface area (Å²) >= 11 is 10.7. The van der Waals surface area contributed by atoms with Crippen LogP contribution in [0.4, 0.5) is 11.4 Å². The van der Waals surface area contributed by atoms with Crippen molar-refractivity contribution in [3.05, 3.63) is 91.8 Å². The molecule has 4 rings (SSSR count). The van der Waals surface area contributed by atoms with Crippen molar-refractivity contribution in [3.63, 3.8) is 0 Å². The van der Waals surface area contributed by atoms with Crippen molar-refractivity contribution >= 4 is 67.8 Å². The molecular formula is C26H22BrClN2O2S. The van der Waals surface area contributed by atoms with E-state index < -0.39 is 0 Å². The van der Waals surface area contributed by atoms with Gasteiger partial charge in [0.1, 0.15) is 5.75 Å². The molecule has 0 bridgehead atoms. The molecule has 0 radical (unpaired) electrons. The van der Waals surface area contributed by atoms with E-state index in [0.717, 1.165) is 24.2 Å². The Labute approximate surface area is 211 Å². The molecule has 33 heavy (non-hydrogen) atoms. The Morgan fingerprint density at radius 3 is 2.24 bits per heavy atom. The third-order valence-corrected chi connectivity index (χ3v) is 7.11. The molecule has 4 nitrogen and oxygen atoms in total. The predicted octanol–water partition coefficient (Wildman–Crippen LogP) is 7.74. The maximum Gasteiger partial charge on any atom is 0.271 e. The van der Waals surface area contributed by atoms with E-state index in [2.05, 4.69) is 29.8 Å². The normalized spacial score (nSPS) is 16.2. The fourth-order valence-electron chi connectivity index (χ4n) is 3.41. The molecule has 0 aliphatic carbocycles. The Bertz CT molecular complexity index is 1250. The van der Waals surface area contributed by atoms with Gasteiger partial charge in [-0.25, -0.2) is 4.99 Å². The second kappa shape index (κ2) is 10.2. The summed E-state index contributed by atoms with van der Waals surface area (Å²) in [5, 5.41) is 11.5. The third-order valence-electron chi connectivity index (χ3n) is 5.32. The van der Waals surface area contributed by atoms with Crippen LogP contribution in [0.5, 0.6) is 5.75 Å². The lowest BCUT2D eigenvalue weighted by Gasteiger charge is -2.16. The number of rotatable bonds is 5. The molecule has 1 N–H and O–H groups in total. The molecule has 1 aliphatic heterocycles. The largest absolute Gasteiger partial charge is 0.506 e. The fourth-order valence-corrected chi connectivity index (χ4v) is 5.24. The van der Waals surface area contributed by atoms with Crippen LogP contribution < -0.4 is 4.90 Å². The van der Waals surface area contributed by atoms with Gasteiger partial charge in [-0.3, -0.25) is 9.69 Å². The topological polar surface area (TPSA) is 52.9 Å². The van der Waals surface area contributed by atoms with Crippen molar-refractivity contribution in [1.29, 1.82) is 0 Å². The van der Waals surface area contributed by atoms with Crippen LogP contribution >= 0.6 is 39.3 Å². The van der Waals surface area contributed by atoms with Crippen LogP contribution in [0.3, 0.4) is 0 Å². The van der Waals surface area contributed by atoms with E-state index in [0.29, 0.717) is 25.1 Å². The standard InChI is InChI=1S/C26H22BrClN2O2S/c1-3-16-5-9-20(10-6-16)29-26-30(21-11-7-17(4-2)8-12-21)25(32)23(33-26)14-18-13-19(28)15-22(27)24(18)31/h5-15,31H,3-4H2,1-2H3/b23-14+,29-26?. The maximum atomic E-state index is 13.5. The number of hydrogen-bond donors (Lipinski definition) is 1. The number of amides is 1. The smallest absolute Gasteiger partial charge is 0.271 e. The number of aliphatic imine (C=N–C) groups is 1. The monoisotopic (exact) mass is 540 g/mol. The van der Waals surface area contributed by atoms with Crippen LogP contribution in [0.2, 0.25) is 5.02 Å². The highest BCUT2D eigenvalue weighted by molar-refractivity contribution is 9.10. The zero-order valence-corrected chi connectivity index (χ0v) is 21.3. The maximum absolute atomic E-state index is 13.5. The number of halogens is 2. The summed E-state index contributed by atoms with van der Waals surface area (Å²) in [6, 6.07) is 19.1. The molecule has 3 aromatic rings. The average Bonchev–Trinajstić information content (AvgIpc) is 3.12. The summed E-state index contributed by atoms with van der Waals surface area (Å²) in [6.07, 6.45) is 3.52. The molecule has 3 aromatic carbocycles. The SMILES string of the molecule is CCc1ccc(N=C2S/C(=C/c3cc(Cl)cc(Br)c3O)C(=O)N2c2ccc(CC)cc2)cc1. The molecule has 1 saturated heterocycles. The van der Waals surface area contributed by atoms with Gasteiger partial charge in [0, 0.05) is 10.6 Å². The second-order valence-electron chi connectivity index (χ2n) is 7.51. The Kier molecular flexibility index (Phi) is 7.27. The lowest BCUT2D eigenvalue weighted by atomic mass is 10.1. The predicted molar refractivity (Wildman–Crippen MR) is 143 cm³/mol. The molecule has 168 valence electrons. The van der Waals surface area contributed by atoms with Crippen molar-refractivity contribution in [2.24, 2.45) is 4.99 Å². The summed E-state index contributed by atoms with van der Waals surface area (Å²) < 4.78 is 0.467. The van der Waals surface area contributed by atoms with E-state index in [9.17, 15) is 9.90 Å². The van der Waals surface area contributed by atoms with E-state index in [1.165, 1.54) is 22.9 Å². The molecule has 7 heteroatoms. The molecule has 0 saturated carbocycles. The van der Waals surface area contributed by atoms with Gasteiger partial charge in [-0.2, -0.15) is 0 Å². The van der Waals surface area contributed by atoms with E-state index in [1.54, 1.807) is 23.1 Å². The van der Waals surface area contributed by atoms with Crippen LogP contribution in [0.25, 0.3) is 6.08 Å². The van der Waals surface area contributed by atoms with Crippen LogP contribution in [-0.2, 0) is 17.6 Å². The summed E-state index contributed by atoms with van der Waals surface area (Å²) in [4.78, 5) is 20.3. The van der Waals surface area contributed by atoms with Gasteiger partial charge in [0.05, 0.1) is 20.8 Å². The van der Waals surface area contributed by atoms with Crippen LogP contribution in [0, 0.1) is 0 Å². The van der Waals surface area contributed by atoms with E-state index in [-0.39, 0.29) is 11.7 Å². The van der Waals surface area contributed by atoms with E-state index in [1.807, 2.05) is 48.5 Å². The molecule has 0 atom stereocenters. The number of phenolic OH excluding ortho intramolecular Hbond substituents is 1. The number of carbonyl (C=O) groups is 1. The zero-order chi connectivity index (χ0) is 23.5. The molecule has 1 heterocycles. The quantitative estimate of drug-likeness (QED) is 0.336. The molecule has 1 amide bonds. The van der Waals surface area contributed by atoms with Gasteiger partial charge >= 0.3 is 0 Å². The van der Waals surface area contributed by atoms with Gasteiger partial charge in [-0.15, -0.1) is 0 Å². The number of carbonyl (C=O) groups excluding carboxylic acids is 1. The van der Waals surface area contributed by atoms with Gasteiger partial charge < -0.3 is 5.11 Å². The first-order chi connectivity index (χ1) is 15.9. The van der Waals surface area contributed by atoms with Gasteiger partial charge in [0.15, 0.2) is 5.17 Å². The number of aromatic hydroxyl groups is 1. The zero-order valence-electron chi connectivity index (χ0n) is 18.2. The molecule has 1 fully saturated rings. The molecule has 1 aliphatic rings. The van der Waals surface area contributed by atoms with Gasteiger partial charge in [0.2, 0.25) is 0 Å². The number of aryl methyl sites for hydroxylation is 2. The summed E-state index contributed by atoms with van der Waals surface area (Å²) in [7, 11) is 0. The average molecular weight is 542 g/mol. The first-order valence-electron chi connectivity index (χ1n) is 10.6. The Morgan fingerprint density at radius 1 is 1.03 bits per heavy atom. The number of anilines is 1. The first-order valence-corrected chi connectivity index (χ1v) is 12.6. The van der Waals surface area contributed by atoms with Crippen molar-refractivity contribution in [3.8, 4) is 5.75 Å². The lowest BCUT2D eigenvalue weighted by molar-refractivity contribution is -0.113. The van der Waals surface area contributed by atoms with Gasteiger partial charge in [0.25, 0.3) is 5.91 Å². The summed E-state index contributed by atoms with van der Waals surface area (Å²) in [5.41, 5.74) is 4.39. The number of hydrogen-bond acceptors (Lipinski definition) is 4. The second-order valence-corrected chi connectivity index (χ2v) is 9.81. The molecule has 0 spiro atoms. The van der Waals surface area contributed by atoms with Crippen LogP contribution in [0.15, 0.2) is 75.0 Å². The van der Waals surface area contributed by atoms with Crippen LogP contribution in [0.1, 0.15) is 30.5 Å². The highest BCUT2D eigenvalue weighted by Gasteiger charge is 2.35. The highest BCUT2D eigenvalue weighted by atomic mass is 79.9. The number of amidine groups is 1. The lowest BCUT2D eigenvalue weighted by Crippen LogP contribution is -2.28. The number of nitrogens with zero attached hydrogens (tertiary/aromatic N) is 2. The fraction of sp³-hybridized carbons (Fsp3) is 0.154. The van der Waals surface area contributed by atoms with Crippen molar-refractivity contribution < 1.29 is 9.90 Å². The molecule has 0 aromatic heterocycles. The third kappa shape index (κ3) is 5.18. The Morgan fingerprint density at radius 2 is 1.64 bits per heavy atom. The van der Waals surface area contributed by atoms with Crippen molar-refractivity contribution in [1.82, 2.24) is 0 Å². The van der Waals surface area contributed by atoms with Gasteiger partial charge in [-0.05, 0) is 94.1 Å². The van der Waals surface area contributed by atoms with E-state index >= 15 is 0 Å². The molecular weight excluding hydrogens is 520 g/mol. The van der Waals surface area contributed by atoms with Gasteiger partial charge in [-0.1, -0.05) is 49.7 Å². The Balaban J connectivity index is 1.78. The minimum Gasteiger partial charge on any atom is -0.506 e. The van der Waals surface area contributed by atoms with Crippen molar-refractivity contribution in [2.45, 2.75) is 26.7 Å². The first kappa shape index (κ1) is 23.6. The minimum atomic E-state index is -0.205. The van der Waals surface area contributed by atoms with E-state index in [4.69, 9.17) is 16.6 Å². The Hall–Kier alpha value is -2.54. The van der Waals surface area contributed by atoms with Crippen molar-refractivity contribution in [2.75, 3.05) is 4.90 Å². The minimum absolute atomic E-state index is 0.0275. The number of benzene rings is 3. The molecule has 0 unspecified atom stereocenters. The summed E-state index contributed by atoms with van der Waals surface area (Å²) in [5.74, 6) is -0.177. The highest BCUT2D eigenvalue weighted by Crippen LogP contribution is 2.40. The summed E-state index contributed by atoms with van der Waals surface area (Å²) in [6.45, 7) is 4.20.